The number of hydrogen-bond donors (Lipinski definition) is 5. The van der Waals surface area contributed by atoms with Crippen molar-refractivity contribution in [3.05, 3.63) is 41.2 Å². The predicted molar refractivity (Wildman–Crippen MR) is 141 cm³/mol. The zero-order valence-electron chi connectivity index (χ0n) is 20.0. The van der Waals surface area contributed by atoms with Gasteiger partial charge in [-0.1, -0.05) is 30.3 Å². The molecule has 0 radical (unpaired) electrons. The number of amides is 3. The van der Waals surface area contributed by atoms with E-state index in [-0.39, 0.29) is 23.6 Å². The summed E-state index contributed by atoms with van der Waals surface area (Å²) in [7, 11) is 0. The molecule has 1 aliphatic rings. The van der Waals surface area contributed by atoms with E-state index in [0.29, 0.717) is 38.0 Å². The first-order chi connectivity index (χ1) is 17.4. The average molecular weight is 535 g/mol. The van der Waals surface area contributed by atoms with Crippen LogP contribution in [0, 0.1) is 0 Å². The van der Waals surface area contributed by atoms with Crippen LogP contribution in [-0.2, 0) is 20.8 Å². The lowest BCUT2D eigenvalue weighted by Crippen LogP contribution is -2.55. The maximum absolute atomic E-state index is 13.4. The number of carbonyl (C=O) groups excluding carboxylic acids is 3. The Morgan fingerprint density at radius 3 is 2.47 bits per heavy atom. The Bertz CT molecular complexity index is 1050. The van der Waals surface area contributed by atoms with Crippen LogP contribution < -0.4 is 27.0 Å². The number of nitrogens with two attached hydrogens (primary N) is 1. The number of halogens is 1. The molecule has 1 aromatic carbocycles. The van der Waals surface area contributed by atoms with Crippen molar-refractivity contribution in [2.75, 3.05) is 29.2 Å². The van der Waals surface area contributed by atoms with Crippen LogP contribution in [0.5, 0.6) is 0 Å². The Balaban J connectivity index is 1.92. The van der Waals surface area contributed by atoms with Crippen LogP contribution in [-0.4, -0.2) is 69.4 Å². The van der Waals surface area contributed by atoms with Crippen molar-refractivity contribution in [2.24, 2.45) is 5.73 Å². The van der Waals surface area contributed by atoms with Crippen molar-refractivity contribution in [1.29, 1.82) is 0 Å². The van der Waals surface area contributed by atoms with Crippen molar-refractivity contribution >= 4 is 53.0 Å². The average Bonchev–Trinajstić information content (AvgIpc) is 2.84. The van der Waals surface area contributed by atoms with Gasteiger partial charge in [0, 0.05) is 13.0 Å². The second-order valence-electron chi connectivity index (χ2n) is 8.37. The van der Waals surface area contributed by atoms with E-state index in [0.717, 1.165) is 5.56 Å². The monoisotopic (exact) mass is 534 g/mol. The summed E-state index contributed by atoms with van der Waals surface area (Å²) in [5.41, 5.74) is 6.42. The van der Waals surface area contributed by atoms with Gasteiger partial charge in [0.15, 0.2) is 0 Å². The van der Waals surface area contributed by atoms with Crippen LogP contribution in [0.1, 0.15) is 31.2 Å². The minimum absolute atomic E-state index is 0.0183. The second kappa shape index (κ2) is 13.8. The predicted octanol–water partition coefficient (Wildman–Crippen LogP) is 1.35. The largest absolute Gasteiger partial charge is 0.368 e. The van der Waals surface area contributed by atoms with Gasteiger partial charge in [-0.25, -0.2) is 0 Å². The number of primary amides is 1. The van der Waals surface area contributed by atoms with Gasteiger partial charge in [0.2, 0.25) is 34.9 Å². The first-order valence-corrected chi connectivity index (χ1v) is 13.5. The zero-order chi connectivity index (χ0) is 25.9. The molecule has 2 aromatic rings. The van der Waals surface area contributed by atoms with Gasteiger partial charge in [-0.2, -0.15) is 26.7 Å². The third-order valence-electron chi connectivity index (χ3n) is 5.62. The summed E-state index contributed by atoms with van der Waals surface area (Å²) in [6.07, 6.45) is 4.26. The third kappa shape index (κ3) is 8.52. The quantitative estimate of drug-likeness (QED) is 0.368. The van der Waals surface area contributed by atoms with Gasteiger partial charge < -0.3 is 27.0 Å². The van der Waals surface area contributed by atoms with Crippen LogP contribution in [0.4, 0.5) is 11.9 Å². The SMILES string of the molecule is CSCC[C@@H]1Nc2nc(Cl)nc(n2)NCCCC[C@H](C(N)=O)NC(=O)[C@H](Cc2ccccc2)NC1=O. The Morgan fingerprint density at radius 2 is 1.75 bits per heavy atom. The minimum Gasteiger partial charge on any atom is -0.368 e. The van der Waals surface area contributed by atoms with Crippen LogP contribution in [0.2, 0.25) is 5.28 Å². The number of benzene rings is 1. The second-order valence-corrected chi connectivity index (χ2v) is 9.69. The van der Waals surface area contributed by atoms with E-state index >= 15 is 0 Å². The smallest absolute Gasteiger partial charge is 0.243 e. The summed E-state index contributed by atoms with van der Waals surface area (Å²) < 4.78 is 0. The molecule has 1 aliphatic heterocycles. The molecule has 3 rings (SSSR count). The molecule has 0 spiro atoms. The summed E-state index contributed by atoms with van der Waals surface area (Å²) in [6.45, 7) is 0.506. The van der Waals surface area contributed by atoms with Crippen molar-refractivity contribution in [1.82, 2.24) is 25.6 Å². The van der Waals surface area contributed by atoms with Gasteiger partial charge in [-0.15, -0.1) is 0 Å². The summed E-state index contributed by atoms with van der Waals surface area (Å²) in [5, 5.41) is 11.7. The lowest BCUT2D eigenvalue weighted by atomic mass is 10.0. The molecule has 36 heavy (non-hydrogen) atoms. The van der Waals surface area contributed by atoms with E-state index in [1.54, 1.807) is 11.8 Å². The number of hydrogen-bond acceptors (Lipinski definition) is 9. The van der Waals surface area contributed by atoms with Gasteiger partial charge in [-0.05, 0) is 54.9 Å². The van der Waals surface area contributed by atoms with Gasteiger partial charge in [0.1, 0.15) is 18.1 Å². The number of thioether (sulfide) groups is 1. The van der Waals surface area contributed by atoms with Crippen molar-refractivity contribution in [3.8, 4) is 0 Å². The molecule has 3 atom stereocenters. The number of carbonyl (C=O) groups is 3. The van der Waals surface area contributed by atoms with Crippen molar-refractivity contribution in [2.45, 2.75) is 50.2 Å². The molecular weight excluding hydrogens is 504 g/mol. The fourth-order valence-electron chi connectivity index (χ4n) is 3.72. The lowest BCUT2D eigenvalue weighted by Gasteiger charge is -2.25. The Hall–Kier alpha value is -3.12. The molecule has 2 heterocycles. The molecule has 0 fully saturated rings. The van der Waals surface area contributed by atoms with Crippen molar-refractivity contribution < 1.29 is 14.4 Å². The summed E-state index contributed by atoms with van der Waals surface area (Å²) >= 11 is 7.67. The fraction of sp³-hybridized carbons (Fsp3) is 0.478. The Morgan fingerprint density at radius 1 is 1.03 bits per heavy atom. The standard InChI is InChI=1S/C23H31ClN8O3S/c1-36-12-10-16-19(34)28-17(13-14-7-3-2-4-8-14)20(35)27-15(18(25)33)9-5-6-11-26-22-30-21(24)31-23(29-16)32-22/h2-4,7-8,15-17H,5-6,9-13H2,1H3,(H2,25,33)(H,27,35)(H,28,34)(H2,26,29,30,31,32)/t15-,16+,17+/m1/s1. The number of anilines is 2. The van der Waals surface area contributed by atoms with Gasteiger partial charge in [0.05, 0.1) is 0 Å². The highest BCUT2D eigenvalue weighted by Gasteiger charge is 2.29. The van der Waals surface area contributed by atoms with E-state index in [9.17, 15) is 14.4 Å². The molecular formula is C23H31ClN8O3S. The van der Waals surface area contributed by atoms with Crippen LogP contribution >= 0.6 is 23.4 Å². The number of nitrogens with one attached hydrogen (secondary N) is 4. The molecule has 2 bridgehead atoms. The first kappa shape index (κ1) is 27.5. The van der Waals surface area contributed by atoms with Crippen LogP contribution in [0.25, 0.3) is 0 Å². The summed E-state index contributed by atoms with van der Waals surface area (Å²) in [4.78, 5) is 51.2. The van der Waals surface area contributed by atoms with Crippen LogP contribution in [0.3, 0.4) is 0 Å². The highest BCUT2D eigenvalue weighted by Crippen LogP contribution is 2.14. The van der Waals surface area contributed by atoms with E-state index in [2.05, 4.69) is 36.2 Å². The van der Waals surface area contributed by atoms with E-state index in [1.165, 1.54) is 0 Å². The molecule has 0 saturated heterocycles. The Labute approximate surface area is 219 Å². The summed E-state index contributed by atoms with van der Waals surface area (Å²) in [6, 6.07) is 6.80. The molecule has 1 aromatic heterocycles. The molecule has 13 heteroatoms. The van der Waals surface area contributed by atoms with Crippen molar-refractivity contribution in [3.63, 3.8) is 0 Å². The Kier molecular flexibility index (Phi) is 10.6. The van der Waals surface area contributed by atoms with Gasteiger partial charge >= 0.3 is 0 Å². The number of nitrogens with zero attached hydrogens (tertiary/aromatic N) is 3. The maximum Gasteiger partial charge on any atom is 0.243 e. The highest BCUT2D eigenvalue weighted by molar-refractivity contribution is 7.98. The van der Waals surface area contributed by atoms with E-state index in [1.807, 2.05) is 36.6 Å². The molecule has 194 valence electrons. The molecule has 0 unspecified atom stereocenters. The number of fused-ring (bicyclic) bond motifs is 2. The van der Waals surface area contributed by atoms with E-state index < -0.39 is 35.8 Å². The molecule has 3 amide bonds. The highest BCUT2D eigenvalue weighted by atomic mass is 35.5. The van der Waals surface area contributed by atoms with E-state index in [4.69, 9.17) is 17.3 Å². The molecule has 6 N–H and O–H groups in total. The minimum atomic E-state index is -0.924. The third-order valence-corrected chi connectivity index (χ3v) is 6.43. The number of aromatic nitrogens is 3. The fourth-order valence-corrected chi connectivity index (χ4v) is 4.35. The number of rotatable bonds is 6. The maximum atomic E-state index is 13.4. The topological polar surface area (TPSA) is 164 Å². The molecule has 11 nitrogen and oxygen atoms in total. The van der Waals surface area contributed by atoms with Gasteiger partial charge in [-0.3, -0.25) is 14.4 Å². The first-order valence-electron chi connectivity index (χ1n) is 11.7. The zero-order valence-corrected chi connectivity index (χ0v) is 21.6. The molecule has 0 aliphatic carbocycles. The normalized spacial score (nSPS) is 21.4. The molecule has 0 saturated carbocycles. The van der Waals surface area contributed by atoms with Crippen LogP contribution in [0.15, 0.2) is 30.3 Å². The van der Waals surface area contributed by atoms with Gasteiger partial charge in [0.25, 0.3) is 0 Å². The lowest BCUT2D eigenvalue weighted by molar-refractivity contribution is -0.131. The summed E-state index contributed by atoms with van der Waals surface area (Å²) in [5.74, 6) is -0.409.